The predicted molar refractivity (Wildman–Crippen MR) is 131 cm³/mol. The van der Waals surface area contributed by atoms with Gasteiger partial charge in [0, 0.05) is 0 Å². The highest BCUT2D eigenvalue weighted by Crippen LogP contribution is 2.28. The molecule has 0 N–H and O–H groups in total. The van der Waals surface area contributed by atoms with Crippen LogP contribution in [0.3, 0.4) is 0 Å². The molecule has 0 fully saturated rings. The van der Waals surface area contributed by atoms with E-state index in [1.807, 2.05) is 26.0 Å². The fourth-order valence-corrected chi connectivity index (χ4v) is 5.17. The second-order valence-electron chi connectivity index (χ2n) is 7.62. The number of sulfonamides is 1. The zero-order valence-corrected chi connectivity index (χ0v) is 20.7. The van der Waals surface area contributed by atoms with Crippen LogP contribution in [-0.4, -0.2) is 20.9 Å². The number of anilines is 1. The molecule has 0 bridgehead atoms. The molecule has 5 nitrogen and oxygen atoms in total. The van der Waals surface area contributed by atoms with Gasteiger partial charge in [0.1, 0.15) is 5.75 Å². The maximum absolute atomic E-state index is 13.4. The molecular formula is C25H26BrNO4S. The van der Waals surface area contributed by atoms with Crippen molar-refractivity contribution in [1.82, 2.24) is 0 Å². The van der Waals surface area contributed by atoms with Crippen LogP contribution in [0.5, 0.6) is 5.75 Å². The third-order valence-corrected chi connectivity index (χ3v) is 7.32. The van der Waals surface area contributed by atoms with Gasteiger partial charge in [0.2, 0.25) is 0 Å². The number of carbonyl (C=O) groups excluding carboxylic acids is 1. The summed E-state index contributed by atoms with van der Waals surface area (Å²) in [4.78, 5) is 13.2. The van der Waals surface area contributed by atoms with Crippen LogP contribution < -0.4 is 9.04 Å². The summed E-state index contributed by atoms with van der Waals surface area (Å²) in [6, 6.07) is 18.9. The van der Waals surface area contributed by atoms with E-state index in [0.717, 1.165) is 38.3 Å². The first-order valence-electron chi connectivity index (χ1n) is 10.3. The molecule has 0 radical (unpaired) electrons. The summed E-state index contributed by atoms with van der Waals surface area (Å²) in [5.74, 6) is -0.200. The highest BCUT2D eigenvalue weighted by atomic mass is 79.9. The fraction of sp³-hybridized carbons (Fsp3) is 0.240. The Labute approximate surface area is 198 Å². The molecule has 32 heavy (non-hydrogen) atoms. The van der Waals surface area contributed by atoms with Crippen LogP contribution in [0.15, 0.2) is 76.1 Å². The summed E-state index contributed by atoms with van der Waals surface area (Å²) in [6.45, 7) is 5.44. The maximum Gasteiger partial charge on any atom is 0.278 e. The lowest BCUT2D eigenvalue weighted by Gasteiger charge is -2.23. The maximum atomic E-state index is 13.4. The average Bonchev–Trinajstić information content (AvgIpc) is 2.75. The molecule has 3 aromatic rings. The van der Waals surface area contributed by atoms with Crippen LogP contribution in [0.1, 0.15) is 30.0 Å². The molecule has 0 aliphatic rings. The van der Waals surface area contributed by atoms with Crippen LogP contribution in [0, 0.1) is 13.8 Å². The van der Waals surface area contributed by atoms with Crippen molar-refractivity contribution in [3.8, 4) is 5.75 Å². The number of hydrogen-bond acceptors (Lipinski definition) is 4. The van der Waals surface area contributed by atoms with Gasteiger partial charge in [-0.25, -0.2) is 8.42 Å². The summed E-state index contributed by atoms with van der Waals surface area (Å²) in [5, 5.41) is 0. The van der Waals surface area contributed by atoms with Crippen molar-refractivity contribution < 1.29 is 17.9 Å². The smallest absolute Gasteiger partial charge is 0.278 e. The Morgan fingerprint density at radius 3 is 2.09 bits per heavy atom. The number of ether oxygens (including phenoxy) is 1. The Morgan fingerprint density at radius 1 is 0.938 bits per heavy atom. The molecule has 0 aromatic heterocycles. The molecule has 0 aliphatic heterocycles. The van der Waals surface area contributed by atoms with Crippen molar-refractivity contribution in [3.63, 3.8) is 0 Å². The van der Waals surface area contributed by atoms with E-state index in [1.165, 1.54) is 12.1 Å². The lowest BCUT2D eigenvalue weighted by Crippen LogP contribution is -2.40. The highest BCUT2D eigenvalue weighted by molar-refractivity contribution is 9.10. The van der Waals surface area contributed by atoms with Crippen molar-refractivity contribution in [2.45, 2.75) is 38.5 Å². The Kier molecular flexibility index (Phi) is 7.74. The monoisotopic (exact) mass is 515 g/mol. The van der Waals surface area contributed by atoms with E-state index in [0.29, 0.717) is 5.75 Å². The summed E-state index contributed by atoms with van der Waals surface area (Å²) >= 11 is 3.47. The van der Waals surface area contributed by atoms with E-state index < -0.39 is 22.5 Å². The van der Waals surface area contributed by atoms with Gasteiger partial charge < -0.3 is 4.74 Å². The molecule has 0 spiro atoms. The first-order chi connectivity index (χ1) is 15.2. The van der Waals surface area contributed by atoms with Crippen LogP contribution >= 0.6 is 15.9 Å². The minimum atomic E-state index is -4.12. The minimum Gasteiger partial charge on any atom is -0.483 e. The van der Waals surface area contributed by atoms with E-state index >= 15 is 0 Å². The molecule has 0 heterocycles. The third kappa shape index (κ3) is 5.58. The lowest BCUT2D eigenvalue weighted by atomic mass is 10.1. The summed E-state index contributed by atoms with van der Waals surface area (Å²) in [6.07, 6.45) is 1.96. The Hall–Kier alpha value is -2.64. The van der Waals surface area contributed by atoms with Crippen molar-refractivity contribution in [3.05, 3.63) is 87.9 Å². The molecule has 0 saturated carbocycles. The van der Waals surface area contributed by atoms with E-state index in [1.54, 1.807) is 42.5 Å². The largest absolute Gasteiger partial charge is 0.483 e. The van der Waals surface area contributed by atoms with Gasteiger partial charge >= 0.3 is 0 Å². The summed E-state index contributed by atoms with van der Waals surface area (Å²) in [5.41, 5.74) is 3.31. The van der Waals surface area contributed by atoms with Gasteiger partial charge in [-0.05, 0) is 78.2 Å². The Bertz CT molecular complexity index is 1190. The lowest BCUT2D eigenvalue weighted by molar-refractivity contribution is -0.119. The average molecular weight is 516 g/mol. The van der Waals surface area contributed by atoms with Gasteiger partial charge in [-0.2, -0.15) is 4.31 Å². The van der Waals surface area contributed by atoms with Crippen molar-refractivity contribution in [1.29, 1.82) is 0 Å². The Morgan fingerprint density at radius 2 is 1.53 bits per heavy atom. The quantitative estimate of drug-likeness (QED) is 0.379. The molecule has 1 amide bonds. The van der Waals surface area contributed by atoms with Crippen LogP contribution in [-0.2, 0) is 21.2 Å². The molecule has 7 heteroatoms. The molecule has 3 rings (SSSR count). The van der Waals surface area contributed by atoms with E-state index in [4.69, 9.17) is 4.74 Å². The molecule has 0 unspecified atom stereocenters. The molecule has 3 aromatic carbocycles. The van der Waals surface area contributed by atoms with Gasteiger partial charge in [0.05, 0.1) is 15.1 Å². The third-order valence-electron chi connectivity index (χ3n) is 4.94. The Balaban J connectivity index is 1.90. The van der Waals surface area contributed by atoms with Crippen LogP contribution in [0.2, 0.25) is 0 Å². The SMILES string of the molecule is CCCc1ccc(OCC(=O)N(c2ccc(C)cc2)S(=O)(=O)c2ccc(C)cc2)c(Br)c1. The molecule has 0 aliphatic carbocycles. The van der Waals surface area contributed by atoms with E-state index in [9.17, 15) is 13.2 Å². The number of rotatable bonds is 8. The number of halogens is 1. The molecular weight excluding hydrogens is 490 g/mol. The second kappa shape index (κ2) is 10.3. The predicted octanol–water partition coefficient (Wildman–Crippen LogP) is 5.82. The molecule has 0 atom stereocenters. The highest BCUT2D eigenvalue weighted by Gasteiger charge is 2.31. The van der Waals surface area contributed by atoms with Gasteiger partial charge in [-0.15, -0.1) is 0 Å². The number of amides is 1. The molecule has 168 valence electrons. The fourth-order valence-electron chi connectivity index (χ4n) is 3.22. The first-order valence-corrected chi connectivity index (χ1v) is 12.6. The van der Waals surface area contributed by atoms with Gasteiger partial charge in [0.15, 0.2) is 6.61 Å². The zero-order valence-electron chi connectivity index (χ0n) is 18.3. The van der Waals surface area contributed by atoms with Crippen molar-refractivity contribution in [2.24, 2.45) is 0 Å². The molecule has 0 saturated heterocycles. The number of hydrogen-bond donors (Lipinski definition) is 0. The number of carbonyl (C=O) groups is 1. The van der Waals surface area contributed by atoms with Crippen LogP contribution in [0.25, 0.3) is 0 Å². The van der Waals surface area contributed by atoms with Crippen LogP contribution in [0.4, 0.5) is 5.69 Å². The first kappa shape index (κ1) is 24.0. The van der Waals surface area contributed by atoms with E-state index in [-0.39, 0.29) is 10.6 Å². The normalized spacial score (nSPS) is 11.2. The van der Waals surface area contributed by atoms with Crippen molar-refractivity contribution in [2.75, 3.05) is 10.9 Å². The second-order valence-corrected chi connectivity index (χ2v) is 10.3. The number of nitrogens with zero attached hydrogens (tertiary/aromatic N) is 1. The standard InChI is InChI=1S/C25H26BrNO4S/c1-4-5-20-10-15-24(23(26)16-20)31-17-25(28)27(21-11-6-18(2)7-12-21)32(29,30)22-13-8-19(3)9-14-22/h6-16H,4-5,17H2,1-3H3. The zero-order chi connectivity index (χ0) is 23.3. The summed E-state index contributed by atoms with van der Waals surface area (Å²) < 4.78 is 34.1. The number of benzene rings is 3. The number of aryl methyl sites for hydroxylation is 3. The summed E-state index contributed by atoms with van der Waals surface area (Å²) in [7, 11) is -4.12. The van der Waals surface area contributed by atoms with Gasteiger partial charge in [0.25, 0.3) is 15.9 Å². The topological polar surface area (TPSA) is 63.7 Å². The minimum absolute atomic E-state index is 0.0436. The van der Waals surface area contributed by atoms with Crippen molar-refractivity contribution >= 4 is 37.5 Å². The van der Waals surface area contributed by atoms with E-state index in [2.05, 4.69) is 22.9 Å². The van der Waals surface area contributed by atoms with Gasteiger partial charge in [-0.1, -0.05) is 54.8 Å². The van der Waals surface area contributed by atoms with Gasteiger partial charge in [-0.3, -0.25) is 4.79 Å².